The molecule has 4 aliphatic rings. The Morgan fingerprint density at radius 2 is 1.45 bits per heavy atom. The van der Waals surface area contributed by atoms with Crippen molar-refractivity contribution in [2.75, 3.05) is 24.0 Å². The zero-order chi connectivity index (χ0) is 40.7. The molecule has 2 saturated heterocycles. The predicted octanol–water partition coefficient (Wildman–Crippen LogP) is 8.64. The smallest absolute Gasteiger partial charge is 0.258 e. The third-order valence-corrected chi connectivity index (χ3v) is 13.6. The molecule has 0 spiro atoms. The van der Waals surface area contributed by atoms with Crippen molar-refractivity contribution >= 4 is 81.1 Å². The Morgan fingerprint density at radius 1 is 0.759 bits per heavy atom. The Labute approximate surface area is 342 Å². The maximum absolute atomic E-state index is 14.8. The van der Waals surface area contributed by atoms with Crippen LogP contribution in [0.5, 0.6) is 17.2 Å². The summed E-state index contributed by atoms with van der Waals surface area (Å²) >= 11 is 15.1. The van der Waals surface area contributed by atoms with E-state index in [-0.39, 0.29) is 30.2 Å². The molecule has 9 rings (SSSR count). The van der Waals surface area contributed by atoms with Gasteiger partial charge in [-0.15, -0.1) is 23.2 Å². The number of methoxy groups -OCH3 is 2. The van der Waals surface area contributed by atoms with Gasteiger partial charge in [-0.1, -0.05) is 66.3 Å². The SMILES string of the molecule is COc1ccc(OC)c(C=Cc2ccc(N3C(=O)[C@H]4[C@H](CC=C5[C@H]4C[C@@]4(Cl)C(=O)N(c6ccc(F)cc6)C(=O)[C@@]4(Cl)[C@H]5c4ccc(O)c5ccccc45)C3=O)cc2)c1. The highest BCUT2D eigenvalue weighted by Gasteiger charge is 2.76. The number of amides is 4. The van der Waals surface area contributed by atoms with Crippen LogP contribution in [-0.4, -0.2) is 52.7 Å². The minimum absolute atomic E-state index is 0.000612. The molecule has 5 aromatic rings. The topological polar surface area (TPSA) is 113 Å². The number of nitrogens with zero attached hydrogens (tertiary/aromatic N) is 2. The summed E-state index contributed by atoms with van der Waals surface area (Å²) in [5, 5.41) is 11.9. The number of ether oxygens (including phenoxy) is 2. The van der Waals surface area contributed by atoms with Crippen molar-refractivity contribution in [1.82, 2.24) is 0 Å². The van der Waals surface area contributed by atoms with Crippen molar-refractivity contribution < 1.29 is 38.1 Å². The maximum atomic E-state index is 14.8. The number of alkyl halides is 2. The Morgan fingerprint density at radius 3 is 2.16 bits per heavy atom. The molecular weight excluding hydrogens is 782 g/mol. The summed E-state index contributed by atoms with van der Waals surface area (Å²) in [6.07, 6.45) is 5.59. The number of imide groups is 2. The van der Waals surface area contributed by atoms with Gasteiger partial charge in [0.1, 0.15) is 23.1 Å². The van der Waals surface area contributed by atoms with E-state index in [4.69, 9.17) is 32.7 Å². The highest BCUT2D eigenvalue weighted by Crippen LogP contribution is 2.66. The number of allylic oxidation sites excluding steroid dienone is 2. The number of hydrogen-bond acceptors (Lipinski definition) is 7. The van der Waals surface area contributed by atoms with Crippen LogP contribution >= 0.6 is 23.2 Å². The number of fused-ring (bicyclic) bond motifs is 5. The first-order valence-electron chi connectivity index (χ1n) is 18.7. The summed E-state index contributed by atoms with van der Waals surface area (Å²) in [4.78, 5) is 56.3. The van der Waals surface area contributed by atoms with Crippen molar-refractivity contribution in [3.05, 3.63) is 137 Å². The predicted molar refractivity (Wildman–Crippen MR) is 220 cm³/mol. The van der Waals surface area contributed by atoms with Crippen LogP contribution in [0.1, 0.15) is 35.4 Å². The minimum Gasteiger partial charge on any atom is -0.507 e. The monoisotopic (exact) mass is 816 g/mol. The second-order valence-electron chi connectivity index (χ2n) is 15.0. The van der Waals surface area contributed by atoms with Crippen molar-refractivity contribution in [1.29, 1.82) is 0 Å². The minimum atomic E-state index is -2.11. The van der Waals surface area contributed by atoms with Crippen molar-refractivity contribution in [2.45, 2.75) is 28.5 Å². The van der Waals surface area contributed by atoms with E-state index in [0.717, 1.165) is 28.2 Å². The van der Waals surface area contributed by atoms with E-state index < -0.39 is 57.0 Å². The first-order valence-corrected chi connectivity index (χ1v) is 19.5. The average molecular weight is 818 g/mol. The molecule has 0 radical (unpaired) electrons. The Hall–Kier alpha value is -5.97. The summed E-state index contributed by atoms with van der Waals surface area (Å²) in [6.45, 7) is 0. The van der Waals surface area contributed by atoms with Gasteiger partial charge in [-0.05, 0) is 95.9 Å². The van der Waals surface area contributed by atoms with Gasteiger partial charge in [0.15, 0.2) is 9.75 Å². The average Bonchev–Trinajstić information content (AvgIpc) is 3.58. The zero-order valence-electron chi connectivity index (χ0n) is 31.2. The molecule has 12 heteroatoms. The zero-order valence-corrected chi connectivity index (χ0v) is 32.7. The summed E-state index contributed by atoms with van der Waals surface area (Å²) in [6, 6.07) is 27.6. The van der Waals surface area contributed by atoms with Gasteiger partial charge in [-0.25, -0.2) is 9.29 Å². The molecule has 2 aliphatic heterocycles. The molecule has 58 heavy (non-hydrogen) atoms. The van der Waals surface area contributed by atoms with Crippen molar-refractivity contribution in [2.24, 2.45) is 17.8 Å². The number of carbonyl (C=O) groups is 4. The van der Waals surface area contributed by atoms with Gasteiger partial charge in [0.05, 0.1) is 37.4 Å². The van der Waals surface area contributed by atoms with Crippen LogP contribution in [0.3, 0.4) is 0 Å². The standard InChI is InChI=1S/C46H35Cl2FN2O7/c1-57-30-17-22-38(58-2)26(23-30)10-7-25-8-13-28(14-9-25)50-41(53)35-19-18-34-36(39(35)42(50)54)24-45(47)43(55)51(29-15-11-27(49)12-16-29)44(56)46(45,48)40(34)33-20-21-37(52)32-6-4-3-5-31(32)33/h3-18,20-23,35-36,39-40,52H,19,24H2,1-2H3/t35-,36+,39-,40-,45+,46-/m0/s1. The molecule has 3 fully saturated rings. The number of phenolic OH excluding ortho intramolecular Hbond substituents is 1. The van der Waals surface area contributed by atoms with E-state index in [9.17, 15) is 28.7 Å². The van der Waals surface area contributed by atoms with Gasteiger partial charge < -0.3 is 14.6 Å². The normalized spacial score (nSPS) is 26.5. The fraction of sp³-hybridized carbons (Fsp3) is 0.217. The van der Waals surface area contributed by atoms with Crippen LogP contribution in [0.4, 0.5) is 15.8 Å². The van der Waals surface area contributed by atoms with Crippen LogP contribution in [0.25, 0.3) is 22.9 Å². The number of rotatable bonds is 7. The molecule has 0 bridgehead atoms. The van der Waals surface area contributed by atoms with Crippen LogP contribution in [-0.2, 0) is 19.2 Å². The van der Waals surface area contributed by atoms with Crippen molar-refractivity contribution in [3.8, 4) is 17.2 Å². The van der Waals surface area contributed by atoms with Crippen molar-refractivity contribution in [3.63, 3.8) is 0 Å². The van der Waals surface area contributed by atoms with E-state index in [2.05, 4.69) is 0 Å². The number of phenols is 1. The third kappa shape index (κ3) is 5.42. The van der Waals surface area contributed by atoms with Gasteiger partial charge in [0, 0.05) is 16.9 Å². The summed E-state index contributed by atoms with van der Waals surface area (Å²) in [5.41, 5.74) is 3.23. The quantitative estimate of drug-likeness (QED) is 0.0758. The first kappa shape index (κ1) is 37.6. The lowest BCUT2D eigenvalue weighted by atomic mass is 9.56. The Balaban J connectivity index is 1.11. The molecule has 1 N–H and O–H groups in total. The highest BCUT2D eigenvalue weighted by atomic mass is 35.5. The summed E-state index contributed by atoms with van der Waals surface area (Å²) in [5.74, 6) is -5.17. The number of hydrogen-bond donors (Lipinski definition) is 1. The fourth-order valence-electron chi connectivity index (χ4n) is 9.45. The second kappa shape index (κ2) is 13.9. The third-order valence-electron chi connectivity index (χ3n) is 12.2. The molecule has 2 aliphatic carbocycles. The van der Waals surface area contributed by atoms with Crippen LogP contribution < -0.4 is 19.3 Å². The molecule has 4 amide bonds. The van der Waals surface area contributed by atoms with Crippen LogP contribution in [0.15, 0.2) is 115 Å². The fourth-order valence-corrected chi connectivity index (χ4v) is 10.4. The second-order valence-corrected chi connectivity index (χ2v) is 16.3. The highest BCUT2D eigenvalue weighted by molar-refractivity contribution is 6.58. The molecule has 2 heterocycles. The number of anilines is 2. The molecule has 0 aromatic heterocycles. The Bertz CT molecular complexity index is 2630. The van der Waals surface area contributed by atoms with E-state index >= 15 is 0 Å². The summed E-state index contributed by atoms with van der Waals surface area (Å²) < 4.78 is 24.9. The summed E-state index contributed by atoms with van der Waals surface area (Å²) in [7, 11) is 3.17. The molecular formula is C46H35Cl2FN2O7. The molecule has 0 unspecified atom stereocenters. The lowest BCUT2D eigenvalue weighted by Gasteiger charge is -2.51. The number of carbonyl (C=O) groups excluding carboxylic acids is 4. The van der Waals surface area contributed by atoms with E-state index in [0.29, 0.717) is 39.1 Å². The van der Waals surface area contributed by atoms with Gasteiger partial charge in [-0.3, -0.25) is 24.1 Å². The molecule has 1 saturated carbocycles. The molecule has 9 nitrogen and oxygen atoms in total. The van der Waals surface area contributed by atoms with E-state index in [1.54, 1.807) is 74.9 Å². The number of benzene rings is 5. The molecule has 5 aromatic carbocycles. The lowest BCUT2D eigenvalue weighted by Crippen LogP contribution is -2.60. The van der Waals surface area contributed by atoms with E-state index in [1.165, 1.54) is 23.1 Å². The first-order chi connectivity index (χ1) is 27.9. The maximum Gasteiger partial charge on any atom is 0.258 e. The lowest BCUT2D eigenvalue weighted by molar-refractivity contribution is -0.125. The van der Waals surface area contributed by atoms with Crippen LogP contribution in [0, 0.1) is 23.6 Å². The van der Waals surface area contributed by atoms with Gasteiger partial charge in [-0.2, -0.15) is 0 Å². The number of halogens is 3. The largest absolute Gasteiger partial charge is 0.507 e. The van der Waals surface area contributed by atoms with Gasteiger partial charge in [0.25, 0.3) is 11.8 Å². The van der Waals surface area contributed by atoms with E-state index in [1.807, 2.05) is 30.4 Å². The molecule has 292 valence electrons. The van der Waals surface area contributed by atoms with Gasteiger partial charge in [0.2, 0.25) is 11.8 Å². The molecule has 6 atom stereocenters. The Kier molecular flexibility index (Phi) is 8.98. The van der Waals surface area contributed by atoms with Gasteiger partial charge >= 0.3 is 0 Å². The number of aromatic hydroxyl groups is 1. The van der Waals surface area contributed by atoms with Crippen LogP contribution in [0.2, 0.25) is 0 Å².